The minimum atomic E-state index is -0.522. The highest BCUT2D eigenvalue weighted by molar-refractivity contribution is 5.88. The summed E-state index contributed by atoms with van der Waals surface area (Å²) in [7, 11) is 1.32. The molecule has 0 bridgehead atoms. The van der Waals surface area contributed by atoms with Crippen molar-refractivity contribution in [3.05, 3.63) is 29.0 Å². The standard InChI is InChI=1S/C15H19NO4/c1-8-7-10(9(2)19-8)13-16-12(15(3,4)5)11(20-13)14(17)18-6/h7H,1-6H3. The number of furan rings is 1. The van der Waals surface area contributed by atoms with E-state index >= 15 is 0 Å². The molecule has 2 aromatic heterocycles. The highest BCUT2D eigenvalue weighted by Gasteiger charge is 2.30. The van der Waals surface area contributed by atoms with E-state index in [0.29, 0.717) is 17.3 Å². The summed E-state index contributed by atoms with van der Waals surface area (Å²) in [5, 5.41) is 0. The van der Waals surface area contributed by atoms with E-state index in [9.17, 15) is 4.79 Å². The predicted molar refractivity (Wildman–Crippen MR) is 73.7 cm³/mol. The summed E-state index contributed by atoms with van der Waals surface area (Å²) in [5.74, 6) is 1.48. The number of carbonyl (C=O) groups is 1. The van der Waals surface area contributed by atoms with Crippen LogP contribution in [0, 0.1) is 13.8 Å². The second-order valence-corrected chi connectivity index (χ2v) is 5.77. The lowest BCUT2D eigenvalue weighted by molar-refractivity contribution is 0.0562. The van der Waals surface area contributed by atoms with Crippen LogP contribution < -0.4 is 0 Å². The number of hydrogen-bond donors (Lipinski definition) is 0. The van der Waals surface area contributed by atoms with Gasteiger partial charge in [0.15, 0.2) is 0 Å². The number of methoxy groups -OCH3 is 1. The van der Waals surface area contributed by atoms with Gasteiger partial charge in [-0.05, 0) is 19.9 Å². The van der Waals surface area contributed by atoms with E-state index in [4.69, 9.17) is 13.6 Å². The number of rotatable bonds is 2. The Morgan fingerprint density at radius 3 is 2.35 bits per heavy atom. The molecule has 0 saturated carbocycles. The summed E-state index contributed by atoms with van der Waals surface area (Å²) in [4.78, 5) is 16.3. The van der Waals surface area contributed by atoms with Gasteiger partial charge < -0.3 is 13.6 Å². The van der Waals surface area contributed by atoms with Crippen LogP contribution in [-0.2, 0) is 10.2 Å². The Balaban J connectivity index is 2.60. The maximum Gasteiger partial charge on any atom is 0.376 e. The smallest absolute Gasteiger partial charge is 0.376 e. The van der Waals surface area contributed by atoms with E-state index in [1.54, 1.807) is 0 Å². The quantitative estimate of drug-likeness (QED) is 0.784. The lowest BCUT2D eigenvalue weighted by Crippen LogP contribution is -2.17. The zero-order valence-electron chi connectivity index (χ0n) is 12.7. The highest BCUT2D eigenvalue weighted by atomic mass is 16.5. The molecular weight excluding hydrogens is 258 g/mol. The molecule has 0 fully saturated rings. The molecule has 0 aliphatic heterocycles. The van der Waals surface area contributed by atoms with Crippen LogP contribution in [0.2, 0.25) is 0 Å². The summed E-state index contributed by atoms with van der Waals surface area (Å²) < 4.78 is 15.9. The van der Waals surface area contributed by atoms with Gasteiger partial charge in [0, 0.05) is 5.41 Å². The molecule has 5 heteroatoms. The zero-order valence-corrected chi connectivity index (χ0v) is 12.7. The molecule has 2 rings (SSSR count). The first kappa shape index (κ1) is 14.4. The Kier molecular flexibility index (Phi) is 3.46. The number of carbonyl (C=O) groups excluding carboxylic acids is 1. The Labute approximate surface area is 117 Å². The molecule has 2 aromatic rings. The fourth-order valence-electron chi connectivity index (χ4n) is 2.02. The summed E-state index contributed by atoms with van der Waals surface area (Å²) in [5.41, 5.74) is 1.01. The molecule has 0 aliphatic carbocycles. The molecule has 0 aromatic carbocycles. The first-order valence-corrected chi connectivity index (χ1v) is 6.41. The van der Waals surface area contributed by atoms with Gasteiger partial charge in [-0.25, -0.2) is 9.78 Å². The van der Waals surface area contributed by atoms with E-state index in [0.717, 1.165) is 11.3 Å². The monoisotopic (exact) mass is 277 g/mol. The number of ether oxygens (including phenoxy) is 1. The van der Waals surface area contributed by atoms with Gasteiger partial charge in [0.1, 0.15) is 17.2 Å². The van der Waals surface area contributed by atoms with Crippen molar-refractivity contribution in [2.45, 2.75) is 40.0 Å². The molecule has 0 amide bonds. The molecule has 0 unspecified atom stereocenters. The summed E-state index contributed by atoms with van der Waals surface area (Å²) in [6.45, 7) is 9.59. The van der Waals surface area contributed by atoms with Crippen LogP contribution in [-0.4, -0.2) is 18.1 Å². The SMILES string of the molecule is COC(=O)c1oc(-c2cc(C)oc2C)nc1C(C)(C)C. The second-order valence-electron chi connectivity index (χ2n) is 5.77. The van der Waals surface area contributed by atoms with Gasteiger partial charge in [0.05, 0.1) is 12.7 Å². The van der Waals surface area contributed by atoms with Gasteiger partial charge in [-0.1, -0.05) is 20.8 Å². The lowest BCUT2D eigenvalue weighted by atomic mass is 9.91. The second kappa shape index (κ2) is 4.81. The maximum atomic E-state index is 11.8. The topological polar surface area (TPSA) is 65.5 Å². The van der Waals surface area contributed by atoms with Crippen molar-refractivity contribution in [3.63, 3.8) is 0 Å². The van der Waals surface area contributed by atoms with Crippen molar-refractivity contribution in [2.75, 3.05) is 7.11 Å². The first-order valence-electron chi connectivity index (χ1n) is 6.41. The summed E-state index contributed by atoms with van der Waals surface area (Å²) in [6.07, 6.45) is 0. The van der Waals surface area contributed by atoms with E-state index in [1.165, 1.54) is 7.11 Å². The fourth-order valence-corrected chi connectivity index (χ4v) is 2.02. The minimum Gasteiger partial charge on any atom is -0.466 e. The number of esters is 1. The van der Waals surface area contributed by atoms with Crippen molar-refractivity contribution in [3.8, 4) is 11.5 Å². The predicted octanol–water partition coefficient (Wildman–Crippen LogP) is 3.64. The molecular formula is C15H19NO4. The molecule has 0 atom stereocenters. The highest BCUT2D eigenvalue weighted by Crippen LogP contribution is 2.32. The fraction of sp³-hybridized carbons (Fsp3) is 0.467. The minimum absolute atomic E-state index is 0.147. The van der Waals surface area contributed by atoms with Crippen molar-refractivity contribution < 1.29 is 18.4 Å². The van der Waals surface area contributed by atoms with Gasteiger partial charge in [-0.2, -0.15) is 0 Å². The van der Waals surface area contributed by atoms with Crippen LogP contribution >= 0.6 is 0 Å². The first-order chi connectivity index (χ1) is 9.24. The van der Waals surface area contributed by atoms with Gasteiger partial charge >= 0.3 is 5.97 Å². The third kappa shape index (κ3) is 2.48. The van der Waals surface area contributed by atoms with Crippen molar-refractivity contribution in [1.29, 1.82) is 0 Å². The molecule has 2 heterocycles. The summed E-state index contributed by atoms with van der Waals surface area (Å²) in [6, 6.07) is 1.84. The third-order valence-corrected chi connectivity index (χ3v) is 2.98. The maximum absolute atomic E-state index is 11.8. The van der Waals surface area contributed by atoms with Crippen LogP contribution in [0.4, 0.5) is 0 Å². The van der Waals surface area contributed by atoms with Crippen LogP contribution in [0.3, 0.4) is 0 Å². The van der Waals surface area contributed by atoms with Gasteiger partial charge in [-0.15, -0.1) is 0 Å². The molecule has 0 spiro atoms. The van der Waals surface area contributed by atoms with Crippen LogP contribution in [0.15, 0.2) is 14.9 Å². The van der Waals surface area contributed by atoms with Gasteiger partial charge in [0.2, 0.25) is 11.7 Å². The Bertz CT molecular complexity index is 643. The molecule has 108 valence electrons. The van der Waals surface area contributed by atoms with Crippen LogP contribution in [0.25, 0.3) is 11.5 Å². The van der Waals surface area contributed by atoms with Crippen molar-refractivity contribution in [1.82, 2.24) is 4.98 Å². The number of hydrogen-bond acceptors (Lipinski definition) is 5. The van der Waals surface area contributed by atoms with E-state index in [-0.39, 0.29) is 11.2 Å². The molecule has 0 aliphatic rings. The zero-order chi connectivity index (χ0) is 15.1. The Morgan fingerprint density at radius 1 is 1.25 bits per heavy atom. The lowest BCUT2D eigenvalue weighted by Gasteiger charge is -2.15. The molecule has 0 radical (unpaired) electrons. The Morgan fingerprint density at radius 2 is 1.90 bits per heavy atom. The van der Waals surface area contributed by atoms with E-state index < -0.39 is 5.97 Å². The average Bonchev–Trinajstić information content (AvgIpc) is 2.91. The van der Waals surface area contributed by atoms with E-state index in [1.807, 2.05) is 40.7 Å². The normalized spacial score (nSPS) is 11.7. The van der Waals surface area contributed by atoms with Gasteiger partial charge in [-0.3, -0.25) is 0 Å². The Hall–Kier alpha value is -2.04. The molecule has 5 nitrogen and oxygen atoms in total. The van der Waals surface area contributed by atoms with Crippen molar-refractivity contribution >= 4 is 5.97 Å². The third-order valence-electron chi connectivity index (χ3n) is 2.98. The largest absolute Gasteiger partial charge is 0.466 e. The van der Waals surface area contributed by atoms with Crippen LogP contribution in [0.1, 0.15) is 48.5 Å². The van der Waals surface area contributed by atoms with Gasteiger partial charge in [0.25, 0.3) is 0 Å². The average molecular weight is 277 g/mol. The number of aromatic nitrogens is 1. The summed E-state index contributed by atoms with van der Waals surface area (Å²) >= 11 is 0. The number of aryl methyl sites for hydroxylation is 2. The molecule has 0 N–H and O–H groups in total. The van der Waals surface area contributed by atoms with Crippen molar-refractivity contribution in [2.24, 2.45) is 0 Å². The molecule has 20 heavy (non-hydrogen) atoms. The number of nitrogens with zero attached hydrogens (tertiary/aromatic N) is 1. The molecule has 0 saturated heterocycles. The number of oxazole rings is 1. The van der Waals surface area contributed by atoms with Crippen LogP contribution in [0.5, 0.6) is 0 Å². The van der Waals surface area contributed by atoms with E-state index in [2.05, 4.69) is 4.98 Å².